The van der Waals surface area contributed by atoms with Gasteiger partial charge in [-0.15, -0.1) is 0 Å². The predicted molar refractivity (Wildman–Crippen MR) is 66.9 cm³/mol. The number of hydrogen-bond acceptors (Lipinski definition) is 2. The smallest absolute Gasteiger partial charge is 0.0822 e. The quantitative estimate of drug-likeness (QED) is 0.693. The first-order valence-electron chi connectivity index (χ1n) is 5.80. The summed E-state index contributed by atoms with van der Waals surface area (Å²) in [4.78, 5) is 6.53. The van der Waals surface area contributed by atoms with Gasteiger partial charge in [-0.2, -0.15) is 0 Å². The number of rotatable bonds is 1. The average molecular weight is 235 g/mol. The molecular weight excluding hydrogens is 220 g/mol. The number of piperidine rings is 1. The molecule has 2 atom stereocenters. The van der Waals surface area contributed by atoms with E-state index in [1.807, 2.05) is 12.3 Å². The van der Waals surface area contributed by atoms with Crippen molar-refractivity contribution in [3.63, 3.8) is 0 Å². The van der Waals surface area contributed by atoms with E-state index in [0.717, 1.165) is 23.6 Å². The van der Waals surface area contributed by atoms with E-state index in [9.17, 15) is 0 Å². The predicted octanol–water partition coefficient (Wildman–Crippen LogP) is 3.42. The van der Waals surface area contributed by atoms with Crippen molar-refractivity contribution < 1.29 is 0 Å². The van der Waals surface area contributed by atoms with E-state index in [1.165, 1.54) is 18.4 Å². The molecule has 0 radical (unpaired) electrons. The first kappa shape index (κ1) is 10.2. The Morgan fingerprint density at radius 1 is 1.31 bits per heavy atom. The second-order valence-corrected chi connectivity index (χ2v) is 5.18. The van der Waals surface area contributed by atoms with Crippen molar-refractivity contribution in [3.8, 4) is 0 Å². The van der Waals surface area contributed by atoms with Gasteiger partial charge in [0.2, 0.25) is 0 Å². The van der Waals surface area contributed by atoms with E-state index in [0.29, 0.717) is 12.1 Å². The summed E-state index contributed by atoms with van der Waals surface area (Å²) >= 11 is 6.23. The SMILES string of the molecule is C=C1CC2CCC(C1)N2c1ccncc1Cl. The Hall–Kier alpha value is -1.02. The summed E-state index contributed by atoms with van der Waals surface area (Å²) < 4.78 is 0. The van der Waals surface area contributed by atoms with Crippen LogP contribution in [0.5, 0.6) is 0 Å². The highest BCUT2D eigenvalue weighted by Crippen LogP contribution is 2.42. The molecule has 0 saturated carbocycles. The molecule has 2 unspecified atom stereocenters. The standard InChI is InChI=1S/C13H15ClN2/c1-9-6-10-2-3-11(7-9)16(10)13-4-5-15-8-12(13)14/h4-5,8,10-11H,1-3,6-7H2. The van der Waals surface area contributed by atoms with Crippen LogP contribution in [0, 0.1) is 0 Å². The average Bonchev–Trinajstić information content (AvgIpc) is 2.53. The maximum atomic E-state index is 6.23. The van der Waals surface area contributed by atoms with E-state index in [2.05, 4.69) is 16.5 Å². The van der Waals surface area contributed by atoms with E-state index in [1.54, 1.807) is 6.20 Å². The number of hydrogen-bond donors (Lipinski definition) is 0. The summed E-state index contributed by atoms with van der Waals surface area (Å²) in [6.07, 6.45) is 8.33. The lowest BCUT2D eigenvalue weighted by atomic mass is 9.97. The number of pyridine rings is 1. The maximum Gasteiger partial charge on any atom is 0.0822 e. The fraction of sp³-hybridized carbons (Fsp3) is 0.462. The van der Waals surface area contributed by atoms with Crippen LogP contribution in [-0.4, -0.2) is 17.1 Å². The molecule has 3 heterocycles. The molecule has 16 heavy (non-hydrogen) atoms. The van der Waals surface area contributed by atoms with Crippen LogP contribution < -0.4 is 4.90 Å². The summed E-state index contributed by atoms with van der Waals surface area (Å²) in [7, 11) is 0. The molecule has 0 amide bonds. The van der Waals surface area contributed by atoms with Crippen LogP contribution in [0.15, 0.2) is 30.6 Å². The van der Waals surface area contributed by atoms with E-state index in [4.69, 9.17) is 11.6 Å². The van der Waals surface area contributed by atoms with Crippen LogP contribution in [0.1, 0.15) is 25.7 Å². The first-order valence-corrected chi connectivity index (χ1v) is 6.18. The lowest BCUT2D eigenvalue weighted by Gasteiger charge is -2.38. The number of nitrogens with zero attached hydrogens (tertiary/aromatic N) is 2. The van der Waals surface area contributed by atoms with Crippen molar-refractivity contribution in [2.75, 3.05) is 4.90 Å². The van der Waals surface area contributed by atoms with Gasteiger partial charge in [-0.05, 0) is 31.7 Å². The van der Waals surface area contributed by atoms with Crippen molar-refractivity contribution in [2.45, 2.75) is 37.8 Å². The van der Waals surface area contributed by atoms with Crippen LogP contribution >= 0.6 is 11.6 Å². The Morgan fingerprint density at radius 3 is 2.62 bits per heavy atom. The normalized spacial score (nSPS) is 28.6. The molecular formula is C13H15ClN2. The van der Waals surface area contributed by atoms with Crippen molar-refractivity contribution in [1.82, 2.24) is 4.98 Å². The van der Waals surface area contributed by atoms with Crippen LogP contribution in [-0.2, 0) is 0 Å². The molecule has 1 aromatic rings. The molecule has 0 aliphatic carbocycles. The van der Waals surface area contributed by atoms with Gasteiger partial charge in [0.05, 0.1) is 10.7 Å². The Kier molecular flexibility index (Phi) is 2.40. The molecule has 2 bridgehead atoms. The summed E-state index contributed by atoms with van der Waals surface area (Å²) in [6, 6.07) is 3.24. The Balaban J connectivity index is 1.97. The molecule has 2 aliphatic heterocycles. The number of aromatic nitrogens is 1. The second-order valence-electron chi connectivity index (χ2n) is 4.78. The number of fused-ring (bicyclic) bond motifs is 2. The maximum absolute atomic E-state index is 6.23. The van der Waals surface area contributed by atoms with Gasteiger partial charge in [0, 0.05) is 24.5 Å². The van der Waals surface area contributed by atoms with E-state index < -0.39 is 0 Å². The molecule has 2 fully saturated rings. The van der Waals surface area contributed by atoms with Crippen molar-refractivity contribution in [1.29, 1.82) is 0 Å². The van der Waals surface area contributed by atoms with Gasteiger partial charge < -0.3 is 4.90 Å². The molecule has 0 spiro atoms. The molecule has 3 rings (SSSR count). The van der Waals surface area contributed by atoms with Gasteiger partial charge in [0.25, 0.3) is 0 Å². The summed E-state index contributed by atoms with van der Waals surface area (Å²) in [6.45, 7) is 4.13. The van der Waals surface area contributed by atoms with E-state index >= 15 is 0 Å². The molecule has 84 valence electrons. The fourth-order valence-corrected chi connectivity index (χ4v) is 3.30. The second kappa shape index (κ2) is 3.77. The van der Waals surface area contributed by atoms with E-state index in [-0.39, 0.29) is 0 Å². The van der Waals surface area contributed by atoms with Crippen molar-refractivity contribution in [2.24, 2.45) is 0 Å². The highest BCUT2D eigenvalue weighted by Gasteiger charge is 2.38. The number of anilines is 1. The topological polar surface area (TPSA) is 16.1 Å². The monoisotopic (exact) mass is 234 g/mol. The molecule has 2 nitrogen and oxygen atoms in total. The lowest BCUT2D eigenvalue weighted by Crippen LogP contribution is -2.40. The zero-order valence-electron chi connectivity index (χ0n) is 9.19. The van der Waals surface area contributed by atoms with Gasteiger partial charge in [0.15, 0.2) is 0 Å². The molecule has 0 N–H and O–H groups in total. The summed E-state index contributed by atoms with van der Waals surface area (Å²) in [5, 5.41) is 0.770. The van der Waals surface area contributed by atoms with Gasteiger partial charge in [-0.1, -0.05) is 23.8 Å². The molecule has 2 saturated heterocycles. The zero-order chi connectivity index (χ0) is 11.1. The Bertz CT molecular complexity index is 414. The minimum atomic E-state index is 0.603. The minimum Gasteiger partial charge on any atom is -0.364 e. The third-order valence-corrected chi connectivity index (χ3v) is 3.99. The van der Waals surface area contributed by atoms with Gasteiger partial charge >= 0.3 is 0 Å². The molecule has 1 aromatic heterocycles. The van der Waals surface area contributed by atoms with Crippen LogP contribution in [0.2, 0.25) is 5.02 Å². The fourth-order valence-electron chi connectivity index (χ4n) is 3.08. The Labute approximate surface area is 101 Å². The number of halogens is 1. The van der Waals surface area contributed by atoms with Gasteiger partial charge in [-0.25, -0.2) is 0 Å². The minimum absolute atomic E-state index is 0.603. The third kappa shape index (κ3) is 1.52. The van der Waals surface area contributed by atoms with Crippen LogP contribution in [0.3, 0.4) is 0 Å². The third-order valence-electron chi connectivity index (χ3n) is 3.70. The molecule has 3 heteroatoms. The van der Waals surface area contributed by atoms with Crippen LogP contribution in [0.25, 0.3) is 0 Å². The molecule has 2 aliphatic rings. The molecule has 0 aromatic carbocycles. The van der Waals surface area contributed by atoms with Gasteiger partial charge in [0.1, 0.15) is 0 Å². The van der Waals surface area contributed by atoms with Crippen molar-refractivity contribution >= 4 is 17.3 Å². The van der Waals surface area contributed by atoms with Crippen molar-refractivity contribution in [3.05, 3.63) is 35.6 Å². The first-order chi connectivity index (χ1) is 7.75. The highest BCUT2D eigenvalue weighted by atomic mass is 35.5. The largest absolute Gasteiger partial charge is 0.364 e. The summed E-state index contributed by atoms with van der Waals surface area (Å²) in [5.74, 6) is 0. The lowest BCUT2D eigenvalue weighted by molar-refractivity contribution is 0.551. The van der Waals surface area contributed by atoms with Gasteiger partial charge in [-0.3, -0.25) is 4.98 Å². The highest BCUT2D eigenvalue weighted by molar-refractivity contribution is 6.33. The Morgan fingerprint density at radius 2 is 2.00 bits per heavy atom. The zero-order valence-corrected chi connectivity index (χ0v) is 9.95. The summed E-state index contributed by atoms with van der Waals surface area (Å²) in [5.41, 5.74) is 2.55. The van der Waals surface area contributed by atoms with Crippen LogP contribution in [0.4, 0.5) is 5.69 Å².